The van der Waals surface area contributed by atoms with E-state index in [1.165, 1.54) is 10.4 Å². The third-order valence-corrected chi connectivity index (χ3v) is 4.95. The Labute approximate surface area is 123 Å². The summed E-state index contributed by atoms with van der Waals surface area (Å²) in [5, 5.41) is 14.3. The molecule has 0 spiro atoms. The molecule has 1 aromatic carbocycles. The van der Waals surface area contributed by atoms with Crippen LogP contribution >= 0.6 is 11.3 Å². The molecule has 1 saturated carbocycles. The average Bonchev–Trinajstić information content (AvgIpc) is 3.10. The molecule has 1 aromatic heterocycles. The monoisotopic (exact) mass is 288 g/mol. The van der Waals surface area contributed by atoms with Crippen molar-refractivity contribution in [3.05, 3.63) is 41.4 Å². The summed E-state index contributed by atoms with van der Waals surface area (Å²) in [6, 6.07) is 10.3. The van der Waals surface area contributed by atoms with E-state index in [4.69, 9.17) is 0 Å². The maximum atomic E-state index is 9.79. The van der Waals surface area contributed by atoms with Crippen LogP contribution in [-0.2, 0) is 6.54 Å². The first-order chi connectivity index (χ1) is 9.83. The fourth-order valence-electron chi connectivity index (χ4n) is 2.74. The highest BCUT2D eigenvalue weighted by Crippen LogP contribution is 2.26. The molecule has 2 atom stereocenters. The second kappa shape index (κ2) is 6.48. The zero-order valence-electron chi connectivity index (χ0n) is 11.5. The van der Waals surface area contributed by atoms with Crippen molar-refractivity contribution in [2.24, 2.45) is 5.92 Å². The summed E-state index contributed by atoms with van der Waals surface area (Å²) >= 11 is 1.73. The van der Waals surface area contributed by atoms with E-state index in [0.29, 0.717) is 5.92 Å². The minimum absolute atomic E-state index is 0.108. The first kappa shape index (κ1) is 13.7. The lowest BCUT2D eigenvalue weighted by Gasteiger charge is -2.14. The van der Waals surface area contributed by atoms with Gasteiger partial charge in [0.2, 0.25) is 0 Å². The molecular formula is C16H20N2OS. The van der Waals surface area contributed by atoms with Crippen LogP contribution in [0.3, 0.4) is 0 Å². The number of benzene rings is 1. The van der Waals surface area contributed by atoms with Crippen molar-refractivity contribution >= 4 is 11.3 Å². The predicted octanol–water partition coefficient (Wildman–Crippen LogP) is 3.06. The number of rotatable bonds is 5. The molecule has 4 heteroatoms. The predicted molar refractivity (Wildman–Crippen MR) is 82.6 cm³/mol. The van der Waals surface area contributed by atoms with E-state index < -0.39 is 0 Å². The molecule has 1 aliphatic carbocycles. The number of aliphatic hydroxyl groups is 1. The second-order valence-corrected chi connectivity index (χ2v) is 6.50. The van der Waals surface area contributed by atoms with Gasteiger partial charge in [-0.05, 0) is 18.8 Å². The van der Waals surface area contributed by atoms with Crippen molar-refractivity contribution in [3.63, 3.8) is 0 Å². The van der Waals surface area contributed by atoms with E-state index in [1.54, 1.807) is 11.3 Å². The van der Waals surface area contributed by atoms with Gasteiger partial charge in [0.15, 0.2) is 0 Å². The third kappa shape index (κ3) is 3.26. The van der Waals surface area contributed by atoms with E-state index in [0.717, 1.165) is 37.4 Å². The number of nitrogens with zero attached hydrogens (tertiary/aromatic N) is 1. The van der Waals surface area contributed by atoms with Crippen molar-refractivity contribution < 1.29 is 5.11 Å². The molecule has 2 unspecified atom stereocenters. The molecule has 0 bridgehead atoms. The van der Waals surface area contributed by atoms with Crippen LogP contribution in [0, 0.1) is 5.92 Å². The standard InChI is InChI=1S/C16H20N2OS/c19-15-8-4-7-13(15)9-17-10-14-11-18-16(20-14)12-5-2-1-3-6-12/h1-3,5-6,11,13,15,17,19H,4,7-10H2. The van der Waals surface area contributed by atoms with Crippen LogP contribution in [0.25, 0.3) is 10.6 Å². The lowest BCUT2D eigenvalue weighted by Crippen LogP contribution is -2.27. The highest BCUT2D eigenvalue weighted by molar-refractivity contribution is 7.15. The summed E-state index contributed by atoms with van der Waals surface area (Å²) in [5.41, 5.74) is 1.18. The fourth-order valence-corrected chi connectivity index (χ4v) is 3.63. The van der Waals surface area contributed by atoms with Crippen molar-refractivity contribution in [2.75, 3.05) is 6.54 Å². The van der Waals surface area contributed by atoms with Gasteiger partial charge in [-0.2, -0.15) is 0 Å². The van der Waals surface area contributed by atoms with Gasteiger partial charge >= 0.3 is 0 Å². The van der Waals surface area contributed by atoms with Gasteiger partial charge < -0.3 is 10.4 Å². The fraction of sp³-hybridized carbons (Fsp3) is 0.438. The molecule has 3 nitrogen and oxygen atoms in total. The minimum Gasteiger partial charge on any atom is -0.393 e. The molecule has 20 heavy (non-hydrogen) atoms. The second-order valence-electron chi connectivity index (χ2n) is 5.39. The number of hydrogen-bond donors (Lipinski definition) is 2. The van der Waals surface area contributed by atoms with E-state index in [9.17, 15) is 5.11 Å². The largest absolute Gasteiger partial charge is 0.393 e. The normalized spacial score (nSPS) is 22.2. The Morgan fingerprint density at radius 3 is 2.85 bits per heavy atom. The Kier molecular flexibility index (Phi) is 4.45. The maximum absolute atomic E-state index is 9.79. The average molecular weight is 288 g/mol. The zero-order chi connectivity index (χ0) is 13.8. The van der Waals surface area contributed by atoms with Crippen molar-refractivity contribution in [1.82, 2.24) is 10.3 Å². The molecule has 1 fully saturated rings. The molecule has 3 rings (SSSR count). The Balaban J connectivity index is 1.53. The van der Waals surface area contributed by atoms with Gasteiger partial charge in [0.25, 0.3) is 0 Å². The van der Waals surface area contributed by atoms with E-state index in [-0.39, 0.29) is 6.10 Å². The first-order valence-corrected chi connectivity index (χ1v) is 8.03. The zero-order valence-corrected chi connectivity index (χ0v) is 12.3. The van der Waals surface area contributed by atoms with Crippen molar-refractivity contribution in [3.8, 4) is 10.6 Å². The SMILES string of the molecule is OC1CCCC1CNCc1cnc(-c2ccccc2)s1. The molecule has 2 N–H and O–H groups in total. The van der Waals surface area contributed by atoms with Crippen LogP contribution in [0.1, 0.15) is 24.1 Å². The number of thiazole rings is 1. The molecule has 0 radical (unpaired) electrons. The summed E-state index contributed by atoms with van der Waals surface area (Å²) in [5.74, 6) is 0.427. The molecule has 2 aromatic rings. The summed E-state index contributed by atoms with van der Waals surface area (Å²) in [6.45, 7) is 1.74. The Hall–Kier alpha value is -1.23. The highest BCUT2D eigenvalue weighted by Gasteiger charge is 2.24. The number of hydrogen-bond acceptors (Lipinski definition) is 4. The lowest BCUT2D eigenvalue weighted by molar-refractivity contribution is 0.131. The van der Waals surface area contributed by atoms with Crippen molar-refractivity contribution in [2.45, 2.75) is 31.9 Å². The van der Waals surface area contributed by atoms with Gasteiger partial charge in [0.1, 0.15) is 5.01 Å². The summed E-state index contributed by atoms with van der Waals surface area (Å²) in [6.07, 6.45) is 5.11. The number of nitrogens with one attached hydrogen (secondary N) is 1. The first-order valence-electron chi connectivity index (χ1n) is 7.22. The lowest BCUT2D eigenvalue weighted by atomic mass is 10.1. The van der Waals surface area contributed by atoms with Gasteiger partial charge in [-0.15, -0.1) is 11.3 Å². The molecule has 1 aliphatic rings. The maximum Gasteiger partial charge on any atom is 0.123 e. The minimum atomic E-state index is -0.108. The quantitative estimate of drug-likeness (QED) is 0.889. The summed E-state index contributed by atoms with van der Waals surface area (Å²) in [7, 11) is 0. The smallest absolute Gasteiger partial charge is 0.123 e. The summed E-state index contributed by atoms with van der Waals surface area (Å²) < 4.78 is 0. The third-order valence-electron chi connectivity index (χ3n) is 3.90. The van der Waals surface area contributed by atoms with Gasteiger partial charge in [-0.3, -0.25) is 0 Å². The van der Waals surface area contributed by atoms with E-state index >= 15 is 0 Å². The Morgan fingerprint density at radius 2 is 2.10 bits per heavy atom. The van der Waals surface area contributed by atoms with Crippen molar-refractivity contribution in [1.29, 1.82) is 0 Å². The molecule has 1 heterocycles. The summed E-state index contributed by atoms with van der Waals surface area (Å²) in [4.78, 5) is 5.73. The van der Waals surface area contributed by atoms with Crippen LogP contribution in [0.2, 0.25) is 0 Å². The van der Waals surface area contributed by atoms with E-state index in [1.807, 2.05) is 24.4 Å². The van der Waals surface area contributed by atoms with Crippen LogP contribution in [0.4, 0.5) is 0 Å². The van der Waals surface area contributed by atoms with E-state index in [2.05, 4.69) is 22.4 Å². The number of aliphatic hydroxyl groups excluding tert-OH is 1. The van der Waals surface area contributed by atoms with Crippen LogP contribution in [-0.4, -0.2) is 22.7 Å². The van der Waals surface area contributed by atoms with Crippen LogP contribution < -0.4 is 5.32 Å². The van der Waals surface area contributed by atoms with Gasteiger partial charge in [-0.1, -0.05) is 36.8 Å². The van der Waals surface area contributed by atoms with Crippen LogP contribution in [0.15, 0.2) is 36.5 Å². The number of aromatic nitrogens is 1. The van der Waals surface area contributed by atoms with Gasteiger partial charge in [0.05, 0.1) is 6.10 Å². The molecule has 0 saturated heterocycles. The van der Waals surface area contributed by atoms with Gasteiger partial charge in [-0.25, -0.2) is 4.98 Å². The Morgan fingerprint density at radius 1 is 1.25 bits per heavy atom. The topological polar surface area (TPSA) is 45.1 Å². The van der Waals surface area contributed by atoms with Gasteiger partial charge in [0, 0.05) is 29.7 Å². The Bertz CT molecular complexity index is 540. The molecule has 0 amide bonds. The highest BCUT2D eigenvalue weighted by atomic mass is 32.1. The molecule has 106 valence electrons. The van der Waals surface area contributed by atoms with Crippen LogP contribution in [0.5, 0.6) is 0 Å². The molecule has 0 aliphatic heterocycles. The molecular weight excluding hydrogens is 268 g/mol.